The van der Waals surface area contributed by atoms with Gasteiger partial charge in [0.1, 0.15) is 0 Å². The van der Waals surface area contributed by atoms with Crippen LogP contribution in [-0.4, -0.2) is 25.0 Å². The Morgan fingerprint density at radius 1 is 1.53 bits per heavy atom. The highest BCUT2D eigenvalue weighted by Gasteiger charge is 2.15. The van der Waals surface area contributed by atoms with E-state index in [2.05, 4.69) is 10.6 Å². The van der Waals surface area contributed by atoms with E-state index in [4.69, 9.17) is 11.6 Å². The maximum Gasteiger partial charge on any atom is 0.224 e. The second-order valence-electron chi connectivity index (χ2n) is 4.42. The van der Waals surface area contributed by atoms with Crippen LogP contribution >= 0.6 is 11.6 Å². The number of hydrogen-bond acceptors (Lipinski definition) is 2. The largest absolute Gasteiger partial charge is 0.352 e. The van der Waals surface area contributed by atoms with Gasteiger partial charge in [0.25, 0.3) is 0 Å². The zero-order chi connectivity index (χ0) is 12.1. The van der Waals surface area contributed by atoms with E-state index in [1.165, 1.54) is 0 Å². The van der Waals surface area contributed by atoms with E-state index in [1.807, 2.05) is 24.3 Å². The SMILES string of the molecule is O=C(Cc1cccc(Cl)c1)N[C@H]1CCCNC1. The first-order valence-electron chi connectivity index (χ1n) is 5.98. The summed E-state index contributed by atoms with van der Waals surface area (Å²) in [5, 5.41) is 7.00. The van der Waals surface area contributed by atoms with Gasteiger partial charge in [0, 0.05) is 17.6 Å². The summed E-state index contributed by atoms with van der Waals surface area (Å²) in [6.45, 7) is 1.93. The standard InChI is InChI=1S/C13H17ClN2O/c14-11-4-1-3-10(7-11)8-13(17)16-12-5-2-6-15-9-12/h1,3-4,7,12,15H,2,5-6,8-9H2,(H,16,17)/t12-/m0/s1. The molecule has 0 spiro atoms. The molecule has 2 N–H and O–H groups in total. The number of piperidine rings is 1. The minimum atomic E-state index is 0.0703. The summed E-state index contributed by atoms with van der Waals surface area (Å²) in [5.41, 5.74) is 0.957. The number of carbonyl (C=O) groups excluding carboxylic acids is 1. The predicted octanol–water partition coefficient (Wildman–Crippen LogP) is 1.75. The molecule has 1 fully saturated rings. The highest BCUT2D eigenvalue weighted by molar-refractivity contribution is 6.30. The summed E-state index contributed by atoms with van der Waals surface area (Å²) in [5.74, 6) is 0.0703. The van der Waals surface area contributed by atoms with Crippen molar-refractivity contribution in [1.82, 2.24) is 10.6 Å². The number of carbonyl (C=O) groups is 1. The summed E-state index contributed by atoms with van der Waals surface area (Å²) in [6, 6.07) is 7.71. The van der Waals surface area contributed by atoms with Crippen LogP contribution in [-0.2, 0) is 11.2 Å². The van der Waals surface area contributed by atoms with Gasteiger partial charge in [-0.25, -0.2) is 0 Å². The van der Waals surface area contributed by atoms with Crippen molar-refractivity contribution in [2.75, 3.05) is 13.1 Å². The summed E-state index contributed by atoms with van der Waals surface area (Å²) in [7, 11) is 0. The van der Waals surface area contributed by atoms with Crippen molar-refractivity contribution in [1.29, 1.82) is 0 Å². The van der Waals surface area contributed by atoms with Crippen molar-refractivity contribution in [3.8, 4) is 0 Å². The van der Waals surface area contributed by atoms with E-state index in [0.29, 0.717) is 11.4 Å². The van der Waals surface area contributed by atoms with Gasteiger partial charge in [-0.1, -0.05) is 23.7 Å². The van der Waals surface area contributed by atoms with Crippen molar-refractivity contribution >= 4 is 17.5 Å². The normalized spacial score (nSPS) is 19.9. The highest BCUT2D eigenvalue weighted by atomic mass is 35.5. The number of halogens is 1. The first-order chi connectivity index (χ1) is 8.24. The third-order valence-corrected chi connectivity index (χ3v) is 3.15. The molecule has 0 saturated carbocycles. The minimum Gasteiger partial charge on any atom is -0.352 e. The van der Waals surface area contributed by atoms with Crippen LogP contribution < -0.4 is 10.6 Å². The van der Waals surface area contributed by atoms with E-state index in [1.54, 1.807) is 0 Å². The van der Waals surface area contributed by atoms with Crippen LogP contribution in [0.1, 0.15) is 18.4 Å². The molecular formula is C13H17ClN2O. The maximum atomic E-state index is 11.8. The summed E-state index contributed by atoms with van der Waals surface area (Å²) in [6.07, 6.45) is 2.59. The Kier molecular flexibility index (Phi) is 4.40. The van der Waals surface area contributed by atoms with Gasteiger partial charge in [-0.15, -0.1) is 0 Å². The molecule has 92 valence electrons. The van der Waals surface area contributed by atoms with Gasteiger partial charge in [-0.05, 0) is 37.1 Å². The number of rotatable bonds is 3. The average molecular weight is 253 g/mol. The van der Waals surface area contributed by atoms with Crippen LogP contribution in [0.5, 0.6) is 0 Å². The molecule has 17 heavy (non-hydrogen) atoms. The van der Waals surface area contributed by atoms with Crippen molar-refractivity contribution in [2.45, 2.75) is 25.3 Å². The van der Waals surface area contributed by atoms with Gasteiger partial charge < -0.3 is 10.6 Å². The van der Waals surface area contributed by atoms with Crippen LogP contribution in [0.25, 0.3) is 0 Å². The predicted molar refractivity (Wildman–Crippen MR) is 69.2 cm³/mol. The molecule has 1 aromatic rings. The fourth-order valence-electron chi connectivity index (χ4n) is 2.09. The zero-order valence-corrected chi connectivity index (χ0v) is 10.5. The molecule has 1 heterocycles. The number of amides is 1. The van der Waals surface area contributed by atoms with Gasteiger partial charge in [0.05, 0.1) is 6.42 Å². The summed E-state index contributed by atoms with van der Waals surface area (Å²) >= 11 is 5.88. The lowest BCUT2D eigenvalue weighted by molar-refractivity contribution is -0.121. The summed E-state index contributed by atoms with van der Waals surface area (Å²) in [4.78, 5) is 11.8. The average Bonchev–Trinajstić information content (AvgIpc) is 2.30. The molecule has 1 atom stereocenters. The minimum absolute atomic E-state index is 0.0703. The molecule has 1 amide bonds. The lowest BCUT2D eigenvalue weighted by Gasteiger charge is -2.23. The van der Waals surface area contributed by atoms with Crippen molar-refractivity contribution in [3.05, 3.63) is 34.9 Å². The molecule has 1 saturated heterocycles. The van der Waals surface area contributed by atoms with Gasteiger partial charge in [-0.2, -0.15) is 0 Å². The third-order valence-electron chi connectivity index (χ3n) is 2.92. The maximum absolute atomic E-state index is 11.8. The lowest BCUT2D eigenvalue weighted by atomic mass is 10.1. The van der Waals surface area contributed by atoms with Crippen LogP contribution in [0.4, 0.5) is 0 Å². The number of nitrogens with one attached hydrogen (secondary N) is 2. The van der Waals surface area contributed by atoms with E-state index < -0.39 is 0 Å². The fraction of sp³-hybridized carbons (Fsp3) is 0.462. The molecule has 0 aliphatic carbocycles. The highest BCUT2D eigenvalue weighted by Crippen LogP contribution is 2.11. The summed E-state index contributed by atoms with van der Waals surface area (Å²) < 4.78 is 0. The first-order valence-corrected chi connectivity index (χ1v) is 6.36. The number of hydrogen-bond donors (Lipinski definition) is 2. The molecule has 0 bridgehead atoms. The third kappa shape index (κ3) is 4.02. The second-order valence-corrected chi connectivity index (χ2v) is 4.85. The molecule has 2 rings (SSSR count). The molecule has 1 aromatic carbocycles. The first kappa shape index (κ1) is 12.4. The molecule has 0 aromatic heterocycles. The molecule has 1 aliphatic heterocycles. The van der Waals surface area contributed by atoms with E-state index in [9.17, 15) is 4.79 Å². The van der Waals surface area contributed by atoms with Crippen molar-refractivity contribution < 1.29 is 4.79 Å². The van der Waals surface area contributed by atoms with Crippen LogP contribution in [0, 0.1) is 0 Å². The Labute approximate surface area is 107 Å². The van der Waals surface area contributed by atoms with Crippen molar-refractivity contribution in [3.63, 3.8) is 0 Å². The second kappa shape index (κ2) is 6.03. The van der Waals surface area contributed by atoms with E-state index >= 15 is 0 Å². The Bertz CT molecular complexity index is 389. The van der Waals surface area contributed by atoms with Gasteiger partial charge in [-0.3, -0.25) is 4.79 Å². The molecule has 1 aliphatic rings. The Morgan fingerprint density at radius 3 is 3.12 bits per heavy atom. The zero-order valence-electron chi connectivity index (χ0n) is 9.71. The van der Waals surface area contributed by atoms with Crippen LogP contribution in [0.15, 0.2) is 24.3 Å². The van der Waals surface area contributed by atoms with Crippen LogP contribution in [0.2, 0.25) is 5.02 Å². The smallest absolute Gasteiger partial charge is 0.224 e. The number of benzene rings is 1. The lowest BCUT2D eigenvalue weighted by Crippen LogP contribution is -2.46. The topological polar surface area (TPSA) is 41.1 Å². The Morgan fingerprint density at radius 2 is 2.41 bits per heavy atom. The Hall–Kier alpha value is -1.06. The fourth-order valence-corrected chi connectivity index (χ4v) is 2.30. The molecule has 4 heteroatoms. The quantitative estimate of drug-likeness (QED) is 0.861. The van der Waals surface area contributed by atoms with Gasteiger partial charge in [0.2, 0.25) is 5.91 Å². The molecular weight excluding hydrogens is 236 g/mol. The Balaban J connectivity index is 1.84. The van der Waals surface area contributed by atoms with Crippen molar-refractivity contribution in [2.24, 2.45) is 0 Å². The van der Waals surface area contributed by atoms with E-state index in [-0.39, 0.29) is 11.9 Å². The van der Waals surface area contributed by atoms with Gasteiger partial charge in [0.15, 0.2) is 0 Å². The van der Waals surface area contributed by atoms with E-state index in [0.717, 1.165) is 31.5 Å². The molecule has 0 unspecified atom stereocenters. The van der Waals surface area contributed by atoms with Gasteiger partial charge >= 0.3 is 0 Å². The monoisotopic (exact) mass is 252 g/mol. The molecule has 3 nitrogen and oxygen atoms in total. The van der Waals surface area contributed by atoms with Crippen LogP contribution in [0.3, 0.4) is 0 Å². The molecule has 0 radical (unpaired) electrons.